The zero-order valence-corrected chi connectivity index (χ0v) is 8.31. The van der Waals surface area contributed by atoms with Crippen LogP contribution in [0.2, 0.25) is 0 Å². The van der Waals surface area contributed by atoms with E-state index in [2.05, 4.69) is 30.7 Å². The van der Waals surface area contributed by atoms with Crippen molar-refractivity contribution in [1.29, 1.82) is 0 Å². The fourth-order valence-corrected chi connectivity index (χ4v) is 1.44. The highest BCUT2D eigenvalue weighted by Crippen LogP contribution is 2.10. The first-order valence-electron chi connectivity index (χ1n) is 4.52. The summed E-state index contributed by atoms with van der Waals surface area (Å²) in [6.07, 6.45) is 2.00. The zero-order valence-electron chi connectivity index (χ0n) is 8.31. The number of aromatic nitrogens is 2. The molecule has 0 aliphatic heterocycles. The molecule has 1 aromatic heterocycles. The molecule has 0 saturated heterocycles. The Kier molecular flexibility index (Phi) is 2.79. The van der Waals surface area contributed by atoms with Gasteiger partial charge in [0.1, 0.15) is 5.82 Å². The fourth-order valence-electron chi connectivity index (χ4n) is 1.44. The highest BCUT2D eigenvalue weighted by Gasteiger charge is 2.04. The highest BCUT2D eigenvalue weighted by atomic mass is 14.9. The predicted octanol–water partition coefficient (Wildman–Crippen LogP) is 2.22. The Hall–Kier alpha value is -0.920. The van der Waals surface area contributed by atoms with Crippen LogP contribution in [0.15, 0.2) is 0 Å². The summed E-state index contributed by atoms with van der Waals surface area (Å²) in [5.74, 6) is 0.898. The summed E-state index contributed by atoms with van der Waals surface area (Å²) < 4.78 is 0. The van der Waals surface area contributed by atoms with Crippen molar-refractivity contribution in [2.75, 3.05) is 0 Å². The minimum atomic E-state index is 0.898. The highest BCUT2D eigenvalue weighted by molar-refractivity contribution is 5.24. The molecule has 0 fully saturated rings. The van der Waals surface area contributed by atoms with Gasteiger partial charge in [-0.15, -0.1) is 0 Å². The maximum absolute atomic E-state index is 4.39. The fraction of sp³-hybridized carbons (Fsp3) is 0.600. The molecule has 0 aliphatic carbocycles. The van der Waals surface area contributed by atoms with Gasteiger partial charge in [0.25, 0.3) is 0 Å². The van der Waals surface area contributed by atoms with Gasteiger partial charge in [0.15, 0.2) is 0 Å². The van der Waals surface area contributed by atoms with E-state index >= 15 is 0 Å². The largest absolute Gasteiger partial charge is 0.238 e. The molecule has 0 amide bonds. The maximum atomic E-state index is 4.39. The maximum Gasteiger partial charge on any atom is 0.125 e. The van der Waals surface area contributed by atoms with Crippen LogP contribution in [-0.2, 0) is 12.8 Å². The number of nitrogens with zero attached hydrogens (tertiary/aromatic N) is 2. The van der Waals surface area contributed by atoms with Crippen molar-refractivity contribution in [2.45, 2.75) is 40.5 Å². The third kappa shape index (κ3) is 1.63. The van der Waals surface area contributed by atoms with Crippen molar-refractivity contribution in [3.8, 4) is 0 Å². The van der Waals surface area contributed by atoms with Gasteiger partial charge in [-0.1, -0.05) is 13.8 Å². The van der Waals surface area contributed by atoms with Crippen molar-refractivity contribution in [2.24, 2.45) is 0 Å². The van der Waals surface area contributed by atoms with Gasteiger partial charge in [-0.05, 0) is 32.3 Å². The Morgan fingerprint density at radius 3 is 1.67 bits per heavy atom. The molecule has 0 spiro atoms. The molecule has 12 heavy (non-hydrogen) atoms. The molecule has 0 bridgehead atoms. The normalized spacial score (nSPS) is 10.3. The lowest BCUT2D eigenvalue weighted by Gasteiger charge is -2.07. The third-order valence-electron chi connectivity index (χ3n) is 2.13. The second kappa shape index (κ2) is 3.65. The van der Waals surface area contributed by atoms with Gasteiger partial charge in [0.2, 0.25) is 0 Å². The molecule has 2 heteroatoms. The smallest absolute Gasteiger partial charge is 0.125 e. The second-order valence-corrected chi connectivity index (χ2v) is 3.00. The van der Waals surface area contributed by atoms with Crippen molar-refractivity contribution in [1.82, 2.24) is 9.97 Å². The lowest BCUT2D eigenvalue weighted by Crippen LogP contribution is -2.03. The van der Waals surface area contributed by atoms with E-state index in [0.717, 1.165) is 18.7 Å². The van der Waals surface area contributed by atoms with E-state index < -0.39 is 0 Å². The van der Waals surface area contributed by atoms with E-state index in [0.29, 0.717) is 0 Å². The van der Waals surface area contributed by atoms with E-state index in [-0.39, 0.29) is 0 Å². The van der Waals surface area contributed by atoms with Crippen molar-refractivity contribution < 1.29 is 0 Å². The number of rotatable bonds is 2. The van der Waals surface area contributed by atoms with Crippen LogP contribution >= 0.6 is 0 Å². The van der Waals surface area contributed by atoms with Crippen molar-refractivity contribution >= 4 is 0 Å². The molecule has 0 unspecified atom stereocenters. The topological polar surface area (TPSA) is 25.8 Å². The molecule has 66 valence electrons. The number of hydrogen-bond donors (Lipinski definition) is 0. The first-order chi connectivity index (χ1) is 5.69. The van der Waals surface area contributed by atoms with E-state index in [9.17, 15) is 0 Å². The van der Waals surface area contributed by atoms with Gasteiger partial charge >= 0.3 is 0 Å². The number of hydrogen-bond acceptors (Lipinski definition) is 2. The van der Waals surface area contributed by atoms with E-state index in [1.807, 2.05) is 6.92 Å². The van der Waals surface area contributed by atoms with Gasteiger partial charge in [-0.3, -0.25) is 0 Å². The lowest BCUT2D eigenvalue weighted by molar-refractivity contribution is 0.868. The Labute approximate surface area is 74.1 Å². The molecule has 0 aliphatic rings. The Morgan fingerprint density at radius 1 is 0.917 bits per heavy atom. The molecule has 1 heterocycles. The van der Waals surface area contributed by atoms with Crippen molar-refractivity contribution in [3.05, 3.63) is 22.8 Å². The standard InChI is InChI=1S/C10H16N2/c1-5-9-7(3)10(6-2)12-8(4)11-9/h5-6H2,1-4H3. The monoisotopic (exact) mass is 164 g/mol. The van der Waals surface area contributed by atoms with Crippen LogP contribution in [0.25, 0.3) is 0 Å². The molecule has 0 aromatic carbocycles. The average molecular weight is 164 g/mol. The SMILES string of the molecule is CCc1nc(C)nc(CC)c1C. The van der Waals surface area contributed by atoms with Gasteiger partial charge < -0.3 is 0 Å². The van der Waals surface area contributed by atoms with E-state index in [4.69, 9.17) is 0 Å². The summed E-state index contributed by atoms with van der Waals surface area (Å²) >= 11 is 0. The molecular formula is C10H16N2. The molecule has 0 atom stereocenters. The van der Waals surface area contributed by atoms with Gasteiger partial charge in [0.05, 0.1) is 0 Å². The molecule has 0 saturated carbocycles. The van der Waals surface area contributed by atoms with E-state index in [1.165, 1.54) is 17.0 Å². The first kappa shape index (κ1) is 9.17. The molecular weight excluding hydrogens is 148 g/mol. The quantitative estimate of drug-likeness (QED) is 0.669. The summed E-state index contributed by atoms with van der Waals surface area (Å²) in [6.45, 7) is 8.33. The van der Waals surface area contributed by atoms with Crippen LogP contribution in [0.4, 0.5) is 0 Å². The van der Waals surface area contributed by atoms with Crippen LogP contribution in [-0.4, -0.2) is 9.97 Å². The number of aryl methyl sites for hydroxylation is 3. The first-order valence-corrected chi connectivity index (χ1v) is 4.52. The molecule has 1 rings (SSSR count). The average Bonchev–Trinajstić information content (AvgIpc) is 2.08. The minimum Gasteiger partial charge on any atom is -0.238 e. The van der Waals surface area contributed by atoms with E-state index in [1.54, 1.807) is 0 Å². The van der Waals surface area contributed by atoms with Crippen LogP contribution in [0.1, 0.15) is 36.6 Å². The van der Waals surface area contributed by atoms with Gasteiger partial charge in [-0.25, -0.2) is 9.97 Å². The molecule has 2 nitrogen and oxygen atoms in total. The summed E-state index contributed by atoms with van der Waals surface area (Å²) in [5, 5.41) is 0. The molecule has 0 radical (unpaired) electrons. The Bertz CT molecular complexity index is 254. The van der Waals surface area contributed by atoms with Gasteiger partial charge in [0, 0.05) is 11.4 Å². The predicted molar refractivity (Wildman–Crippen MR) is 50.3 cm³/mol. The van der Waals surface area contributed by atoms with Crippen LogP contribution in [0.3, 0.4) is 0 Å². The van der Waals surface area contributed by atoms with Gasteiger partial charge in [-0.2, -0.15) is 0 Å². The molecule has 1 aromatic rings. The lowest BCUT2D eigenvalue weighted by atomic mass is 10.1. The van der Waals surface area contributed by atoms with Crippen LogP contribution < -0.4 is 0 Å². The Balaban J connectivity index is 3.22. The summed E-state index contributed by atoms with van der Waals surface area (Å²) in [7, 11) is 0. The summed E-state index contributed by atoms with van der Waals surface area (Å²) in [4.78, 5) is 8.78. The summed E-state index contributed by atoms with van der Waals surface area (Å²) in [6, 6.07) is 0. The summed E-state index contributed by atoms with van der Waals surface area (Å²) in [5.41, 5.74) is 3.66. The van der Waals surface area contributed by atoms with Crippen LogP contribution in [0, 0.1) is 13.8 Å². The minimum absolute atomic E-state index is 0.898. The Morgan fingerprint density at radius 2 is 1.33 bits per heavy atom. The third-order valence-corrected chi connectivity index (χ3v) is 2.13. The van der Waals surface area contributed by atoms with Crippen LogP contribution in [0.5, 0.6) is 0 Å². The second-order valence-electron chi connectivity index (χ2n) is 3.00. The zero-order chi connectivity index (χ0) is 9.14. The van der Waals surface area contributed by atoms with Crippen molar-refractivity contribution in [3.63, 3.8) is 0 Å². The molecule has 0 N–H and O–H groups in total.